The Morgan fingerprint density at radius 1 is 1.17 bits per heavy atom. The van der Waals surface area contributed by atoms with Gasteiger partial charge in [-0.05, 0) is 51.4 Å². The summed E-state index contributed by atoms with van der Waals surface area (Å²) in [5.74, 6) is 0.0161. The lowest BCUT2D eigenvalue weighted by Crippen LogP contribution is -2.38. The van der Waals surface area contributed by atoms with Crippen molar-refractivity contribution in [3.05, 3.63) is 0 Å². The molecule has 128 valence electrons. The van der Waals surface area contributed by atoms with Gasteiger partial charge in [-0.15, -0.1) is 5.06 Å². The fourth-order valence-corrected chi connectivity index (χ4v) is 5.50. The summed E-state index contributed by atoms with van der Waals surface area (Å²) in [5.41, 5.74) is -0.434. The predicted octanol–water partition coefficient (Wildman–Crippen LogP) is 2.47. The van der Waals surface area contributed by atoms with Gasteiger partial charge in [0, 0.05) is 29.6 Å². The van der Waals surface area contributed by atoms with Crippen molar-refractivity contribution < 1.29 is 23.4 Å². The lowest BCUT2D eigenvalue weighted by molar-refractivity contribution is -0.162. The van der Waals surface area contributed by atoms with E-state index in [4.69, 9.17) is 9.02 Å². The number of imide groups is 1. The fraction of sp³-hybridized carbons (Fsp3) is 0.812. The van der Waals surface area contributed by atoms with Crippen LogP contribution in [0.3, 0.4) is 0 Å². The lowest BCUT2D eigenvalue weighted by atomic mass is 9.74. The molecule has 3 fully saturated rings. The van der Waals surface area contributed by atoms with E-state index in [2.05, 4.69) is 6.92 Å². The molecule has 1 heterocycles. The van der Waals surface area contributed by atoms with Crippen molar-refractivity contribution in [1.29, 1.82) is 0 Å². The SMILES string of the molecule is COC(=O)C1(C)CC2CC1CC(C)(SON1C(=O)CCC1=O)C2. The van der Waals surface area contributed by atoms with Crippen LogP contribution < -0.4 is 0 Å². The third-order valence-electron chi connectivity index (χ3n) is 5.60. The number of hydrogen-bond donors (Lipinski definition) is 0. The van der Waals surface area contributed by atoms with E-state index in [1.807, 2.05) is 6.92 Å². The van der Waals surface area contributed by atoms with Gasteiger partial charge < -0.3 is 4.74 Å². The summed E-state index contributed by atoms with van der Waals surface area (Å²) in [5, 5.41) is 0.895. The van der Waals surface area contributed by atoms with Gasteiger partial charge >= 0.3 is 5.97 Å². The molecule has 6 nitrogen and oxygen atoms in total. The molecule has 2 aliphatic carbocycles. The number of ether oxygens (including phenoxy) is 1. The Balaban J connectivity index is 1.67. The van der Waals surface area contributed by atoms with Gasteiger partial charge in [-0.2, -0.15) is 4.28 Å². The third-order valence-corrected chi connectivity index (χ3v) is 6.56. The molecule has 0 radical (unpaired) electrons. The average molecular weight is 341 g/mol. The van der Waals surface area contributed by atoms with E-state index in [0.29, 0.717) is 5.92 Å². The molecular formula is C16H23NO5S. The van der Waals surface area contributed by atoms with Gasteiger partial charge in [-0.1, -0.05) is 0 Å². The van der Waals surface area contributed by atoms with Crippen LogP contribution in [0.4, 0.5) is 0 Å². The summed E-state index contributed by atoms with van der Waals surface area (Å²) in [6.07, 6.45) is 4.04. The van der Waals surface area contributed by atoms with Crippen LogP contribution in [0, 0.1) is 17.3 Å². The number of fused-ring (bicyclic) bond motifs is 2. The van der Waals surface area contributed by atoms with Crippen LogP contribution >= 0.6 is 12.0 Å². The van der Waals surface area contributed by atoms with Gasteiger partial charge in [0.15, 0.2) is 0 Å². The minimum atomic E-state index is -0.434. The molecule has 3 rings (SSSR count). The summed E-state index contributed by atoms with van der Waals surface area (Å²) in [7, 11) is 1.44. The van der Waals surface area contributed by atoms with Crippen molar-refractivity contribution >= 4 is 29.8 Å². The van der Waals surface area contributed by atoms with Crippen LogP contribution in [0.1, 0.15) is 52.4 Å². The van der Waals surface area contributed by atoms with Crippen LogP contribution in [0.25, 0.3) is 0 Å². The zero-order valence-electron chi connectivity index (χ0n) is 13.8. The maximum Gasteiger partial charge on any atom is 0.311 e. The molecule has 0 aromatic carbocycles. The topological polar surface area (TPSA) is 72.9 Å². The van der Waals surface area contributed by atoms with Gasteiger partial charge in [-0.3, -0.25) is 14.4 Å². The van der Waals surface area contributed by atoms with E-state index in [1.165, 1.54) is 19.2 Å². The zero-order valence-corrected chi connectivity index (χ0v) is 14.6. The monoisotopic (exact) mass is 341 g/mol. The van der Waals surface area contributed by atoms with E-state index in [-0.39, 0.29) is 41.3 Å². The van der Waals surface area contributed by atoms with Gasteiger partial charge in [-0.25, -0.2) is 0 Å². The first-order chi connectivity index (χ1) is 10.8. The Hall–Kier alpha value is -1.08. The number of amides is 2. The Bertz CT molecular complexity index is 537. The molecule has 2 bridgehead atoms. The minimum absolute atomic E-state index is 0.134. The molecule has 4 unspecified atom stereocenters. The minimum Gasteiger partial charge on any atom is -0.469 e. The quantitative estimate of drug-likeness (QED) is 0.444. The first-order valence-corrected chi connectivity index (χ1v) is 8.81. The second-order valence-electron chi connectivity index (χ2n) is 7.51. The van der Waals surface area contributed by atoms with E-state index in [0.717, 1.165) is 30.7 Å². The smallest absolute Gasteiger partial charge is 0.311 e. The van der Waals surface area contributed by atoms with Crippen molar-refractivity contribution in [2.75, 3.05) is 7.11 Å². The number of carbonyl (C=O) groups excluding carboxylic acids is 3. The molecule has 1 aliphatic heterocycles. The number of nitrogens with zero attached hydrogens (tertiary/aromatic N) is 1. The third kappa shape index (κ3) is 2.89. The van der Waals surface area contributed by atoms with Gasteiger partial charge in [0.2, 0.25) is 0 Å². The second kappa shape index (κ2) is 5.77. The highest BCUT2D eigenvalue weighted by molar-refractivity contribution is 7.96. The number of esters is 1. The highest BCUT2D eigenvalue weighted by Gasteiger charge is 2.56. The van der Waals surface area contributed by atoms with Crippen molar-refractivity contribution in [3.8, 4) is 0 Å². The first-order valence-electron chi connectivity index (χ1n) is 8.07. The largest absolute Gasteiger partial charge is 0.469 e. The van der Waals surface area contributed by atoms with E-state index in [9.17, 15) is 14.4 Å². The van der Waals surface area contributed by atoms with Crippen LogP contribution in [-0.2, 0) is 23.4 Å². The van der Waals surface area contributed by atoms with Crippen molar-refractivity contribution in [3.63, 3.8) is 0 Å². The maximum atomic E-state index is 12.2. The molecule has 0 aromatic heterocycles. The van der Waals surface area contributed by atoms with E-state index in [1.54, 1.807) is 0 Å². The van der Waals surface area contributed by atoms with Crippen molar-refractivity contribution in [2.45, 2.75) is 57.1 Å². The van der Waals surface area contributed by atoms with Gasteiger partial charge in [0.1, 0.15) is 0 Å². The Kier molecular flexibility index (Phi) is 4.21. The molecule has 0 aromatic rings. The van der Waals surface area contributed by atoms with Crippen LogP contribution in [0.2, 0.25) is 0 Å². The summed E-state index contributed by atoms with van der Waals surface area (Å²) >= 11 is 1.20. The normalized spacial score (nSPS) is 39.9. The number of hydrogen-bond acceptors (Lipinski definition) is 6. The standard InChI is InChI=1S/C16H23NO5S/c1-15(23-22-17-12(18)4-5-13(17)19)7-10-6-11(9-15)16(2,8-10)14(20)21-3/h10-11H,4-9H2,1-3H3. The molecule has 0 N–H and O–H groups in total. The number of hydroxylamine groups is 2. The molecule has 0 spiro atoms. The van der Waals surface area contributed by atoms with E-state index >= 15 is 0 Å². The van der Waals surface area contributed by atoms with E-state index < -0.39 is 5.41 Å². The molecule has 4 atom stereocenters. The van der Waals surface area contributed by atoms with Crippen LogP contribution in [0.15, 0.2) is 0 Å². The summed E-state index contributed by atoms with van der Waals surface area (Å²) in [4.78, 5) is 35.5. The Morgan fingerprint density at radius 3 is 2.43 bits per heavy atom. The second-order valence-corrected chi connectivity index (χ2v) is 8.81. The van der Waals surface area contributed by atoms with Gasteiger partial charge in [0.05, 0.1) is 12.5 Å². The highest BCUT2D eigenvalue weighted by Crippen LogP contribution is 2.59. The molecule has 2 saturated carbocycles. The summed E-state index contributed by atoms with van der Waals surface area (Å²) in [6, 6.07) is 0. The molecule has 1 saturated heterocycles. The average Bonchev–Trinajstić information content (AvgIpc) is 2.94. The number of methoxy groups -OCH3 is 1. The molecule has 3 aliphatic rings. The van der Waals surface area contributed by atoms with Crippen molar-refractivity contribution in [1.82, 2.24) is 5.06 Å². The zero-order chi connectivity index (χ0) is 16.8. The van der Waals surface area contributed by atoms with Gasteiger partial charge in [0.25, 0.3) is 11.8 Å². The first kappa shape index (κ1) is 16.8. The fourth-order valence-electron chi connectivity index (χ4n) is 4.51. The summed E-state index contributed by atoms with van der Waals surface area (Å²) < 4.78 is 10.3. The Labute approximate surface area is 140 Å². The molecule has 7 heteroatoms. The highest BCUT2D eigenvalue weighted by atomic mass is 32.2. The maximum absolute atomic E-state index is 12.2. The number of carbonyl (C=O) groups is 3. The molecule has 23 heavy (non-hydrogen) atoms. The Morgan fingerprint density at radius 2 is 1.83 bits per heavy atom. The number of rotatable bonds is 4. The molecule has 2 amide bonds. The predicted molar refractivity (Wildman–Crippen MR) is 83.7 cm³/mol. The van der Waals surface area contributed by atoms with Crippen molar-refractivity contribution in [2.24, 2.45) is 17.3 Å². The van der Waals surface area contributed by atoms with Crippen LogP contribution in [0.5, 0.6) is 0 Å². The molecular weight excluding hydrogens is 318 g/mol. The lowest BCUT2D eigenvalue weighted by Gasteiger charge is -2.38. The summed E-state index contributed by atoms with van der Waals surface area (Å²) in [6.45, 7) is 4.08. The van der Waals surface area contributed by atoms with Crippen LogP contribution in [-0.4, -0.2) is 34.7 Å².